The summed E-state index contributed by atoms with van der Waals surface area (Å²) in [7, 11) is 0. The van der Waals surface area contributed by atoms with Crippen molar-refractivity contribution in [2.75, 3.05) is 26.4 Å². The van der Waals surface area contributed by atoms with Crippen molar-refractivity contribution >= 4 is 23.7 Å². The molecule has 0 saturated heterocycles. The standard InChI is InChI=1S/C23H38O8/c1-3-10-19(23(28)31-17-8-7-14-21(26)29-4-2)11-9-18-30-22(27)13-6-5-12-20(25)15-16-24/h3,19,24H,1,4-18H2,2H3. The minimum absolute atomic E-state index is 0.00462. The van der Waals surface area contributed by atoms with E-state index in [1.807, 2.05) is 0 Å². The van der Waals surface area contributed by atoms with Gasteiger partial charge in [0.25, 0.3) is 0 Å². The van der Waals surface area contributed by atoms with Crippen molar-refractivity contribution in [1.29, 1.82) is 0 Å². The van der Waals surface area contributed by atoms with Crippen LogP contribution in [0.15, 0.2) is 12.7 Å². The van der Waals surface area contributed by atoms with Gasteiger partial charge in [0.15, 0.2) is 0 Å². The first-order chi connectivity index (χ1) is 14.9. The lowest BCUT2D eigenvalue weighted by Gasteiger charge is -2.14. The molecule has 0 aromatic rings. The number of esters is 3. The predicted octanol–water partition coefficient (Wildman–Crippen LogP) is 3.29. The third kappa shape index (κ3) is 17.2. The van der Waals surface area contributed by atoms with Gasteiger partial charge in [-0.15, -0.1) is 6.58 Å². The summed E-state index contributed by atoms with van der Waals surface area (Å²) in [6.07, 6.45) is 6.65. The molecule has 0 heterocycles. The zero-order valence-corrected chi connectivity index (χ0v) is 18.8. The Kier molecular flexibility index (Phi) is 18.3. The highest BCUT2D eigenvalue weighted by molar-refractivity contribution is 5.78. The van der Waals surface area contributed by atoms with Crippen LogP contribution in [0.25, 0.3) is 0 Å². The van der Waals surface area contributed by atoms with Gasteiger partial charge in [0.1, 0.15) is 5.78 Å². The fourth-order valence-corrected chi connectivity index (χ4v) is 2.86. The summed E-state index contributed by atoms with van der Waals surface area (Å²) < 4.78 is 15.3. The number of Topliss-reactive ketones (excluding diaryl/α,β-unsaturated/α-hetero) is 1. The predicted molar refractivity (Wildman–Crippen MR) is 115 cm³/mol. The molecule has 0 aromatic heterocycles. The number of aliphatic hydroxyl groups excluding tert-OH is 1. The Labute approximate surface area is 185 Å². The minimum atomic E-state index is -0.334. The Morgan fingerprint density at radius 3 is 2.10 bits per heavy atom. The number of carbonyl (C=O) groups is 4. The van der Waals surface area contributed by atoms with Crippen LogP contribution < -0.4 is 0 Å². The quantitative estimate of drug-likeness (QED) is 0.132. The van der Waals surface area contributed by atoms with Crippen LogP contribution in [0.2, 0.25) is 0 Å². The number of allylic oxidation sites excluding steroid dienone is 1. The van der Waals surface area contributed by atoms with Crippen LogP contribution in [-0.4, -0.2) is 55.2 Å². The van der Waals surface area contributed by atoms with E-state index in [-0.39, 0.29) is 62.3 Å². The topological polar surface area (TPSA) is 116 Å². The van der Waals surface area contributed by atoms with E-state index in [1.54, 1.807) is 13.0 Å². The average molecular weight is 443 g/mol. The van der Waals surface area contributed by atoms with E-state index in [9.17, 15) is 19.2 Å². The summed E-state index contributed by atoms with van der Waals surface area (Å²) >= 11 is 0. The second-order valence-electron chi connectivity index (χ2n) is 7.23. The fourth-order valence-electron chi connectivity index (χ4n) is 2.86. The molecule has 0 aliphatic heterocycles. The van der Waals surface area contributed by atoms with E-state index >= 15 is 0 Å². The van der Waals surface area contributed by atoms with E-state index in [2.05, 4.69) is 6.58 Å². The van der Waals surface area contributed by atoms with Gasteiger partial charge in [0.05, 0.1) is 25.7 Å². The second kappa shape index (κ2) is 19.7. The zero-order valence-electron chi connectivity index (χ0n) is 18.8. The molecular formula is C23H38O8. The molecule has 1 unspecified atom stereocenters. The molecule has 0 bridgehead atoms. The van der Waals surface area contributed by atoms with Gasteiger partial charge < -0.3 is 19.3 Å². The van der Waals surface area contributed by atoms with E-state index in [0.717, 1.165) is 0 Å². The van der Waals surface area contributed by atoms with Crippen LogP contribution in [-0.2, 0) is 33.4 Å². The summed E-state index contributed by atoms with van der Waals surface area (Å²) in [5.41, 5.74) is 0. The number of ketones is 1. The lowest BCUT2D eigenvalue weighted by atomic mass is 10.00. The van der Waals surface area contributed by atoms with Crippen molar-refractivity contribution < 1.29 is 38.5 Å². The van der Waals surface area contributed by atoms with Crippen LogP contribution in [0.4, 0.5) is 0 Å². The third-order valence-corrected chi connectivity index (χ3v) is 4.55. The Hall–Kier alpha value is -2.22. The van der Waals surface area contributed by atoms with Gasteiger partial charge in [0, 0.05) is 32.3 Å². The minimum Gasteiger partial charge on any atom is -0.466 e. The lowest BCUT2D eigenvalue weighted by molar-refractivity contribution is -0.149. The summed E-state index contributed by atoms with van der Waals surface area (Å²) in [6, 6.07) is 0. The monoisotopic (exact) mass is 442 g/mol. The van der Waals surface area contributed by atoms with Gasteiger partial charge in [-0.05, 0) is 51.9 Å². The van der Waals surface area contributed by atoms with Crippen LogP contribution in [0.3, 0.4) is 0 Å². The van der Waals surface area contributed by atoms with Gasteiger partial charge in [-0.2, -0.15) is 0 Å². The largest absolute Gasteiger partial charge is 0.466 e. The molecule has 0 saturated carbocycles. The molecule has 0 aromatic carbocycles. The molecule has 0 radical (unpaired) electrons. The number of aliphatic hydroxyl groups is 1. The summed E-state index contributed by atoms with van der Waals surface area (Å²) in [5, 5.41) is 8.66. The van der Waals surface area contributed by atoms with Crippen molar-refractivity contribution in [3.63, 3.8) is 0 Å². The highest BCUT2D eigenvalue weighted by Crippen LogP contribution is 2.15. The molecule has 8 nitrogen and oxygen atoms in total. The number of carbonyl (C=O) groups excluding carboxylic acids is 4. The van der Waals surface area contributed by atoms with Crippen molar-refractivity contribution in [3.05, 3.63) is 12.7 Å². The van der Waals surface area contributed by atoms with E-state index in [1.165, 1.54) is 0 Å². The van der Waals surface area contributed by atoms with Gasteiger partial charge in [-0.25, -0.2) is 0 Å². The summed E-state index contributed by atoms with van der Waals surface area (Å²) in [5.74, 6) is -1.22. The average Bonchev–Trinajstić information content (AvgIpc) is 2.73. The maximum atomic E-state index is 12.2. The smallest absolute Gasteiger partial charge is 0.309 e. The number of hydrogen-bond acceptors (Lipinski definition) is 8. The van der Waals surface area contributed by atoms with Crippen molar-refractivity contribution in [1.82, 2.24) is 0 Å². The first-order valence-electron chi connectivity index (χ1n) is 11.2. The molecule has 178 valence electrons. The van der Waals surface area contributed by atoms with Crippen LogP contribution in [0.1, 0.15) is 77.6 Å². The number of ether oxygens (including phenoxy) is 3. The number of rotatable bonds is 20. The third-order valence-electron chi connectivity index (χ3n) is 4.55. The van der Waals surface area contributed by atoms with Crippen molar-refractivity contribution in [3.8, 4) is 0 Å². The first kappa shape index (κ1) is 28.8. The number of hydrogen-bond donors (Lipinski definition) is 1. The molecule has 0 aliphatic carbocycles. The first-order valence-corrected chi connectivity index (χ1v) is 11.2. The van der Waals surface area contributed by atoms with E-state index in [0.29, 0.717) is 64.4 Å². The van der Waals surface area contributed by atoms with Gasteiger partial charge >= 0.3 is 17.9 Å². The van der Waals surface area contributed by atoms with E-state index < -0.39 is 0 Å². The Morgan fingerprint density at radius 1 is 0.839 bits per heavy atom. The van der Waals surface area contributed by atoms with Crippen LogP contribution in [0.5, 0.6) is 0 Å². The van der Waals surface area contributed by atoms with Crippen molar-refractivity contribution in [2.45, 2.75) is 77.6 Å². The molecule has 31 heavy (non-hydrogen) atoms. The Bertz CT molecular complexity index is 544. The van der Waals surface area contributed by atoms with E-state index in [4.69, 9.17) is 19.3 Å². The summed E-state index contributed by atoms with van der Waals surface area (Å²) in [6.45, 7) is 6.12. The summed E-state index contributed by atoms with van der Waals surface area (Å²) in [4.78, 5) is 46.5. The molecular weight excluding hydrogens is 404 g/mol. The molecule has 0 spiro atoms. The molecule has 0 aliphatic rings. The van der Waals surface area contributed by atoms with Gasteiger partial charge in [0.2, 0.25) is 0 Å². The normalized spacial score (nSPS) is 11.4. The van der Waals surface area contributed by atoms with Gasteiger partial charge in [-0.1, -0.05) is 6.08 Å². The zero-order chi connectivity index (χ0) is 23.3. The highest BCUT2D eigenvalue weighted by Gasteiger charge is 2.18. The highest BCUT2D eigenvalue weighted by atomic mass is 16.5. The lowest BCUT2D eigenvalue weighted by Crippen LogP contribution is -2.19. The number of unbranched alkanes of at least 4 members (excludes halogenated alkanes) is 2. The Morgan fingerprint density at radius 2 is 1.45 bits per heavy atom. The molecule has 0 amide bonds. The molecule has 1 atom stereocenters. The van der Waals surface area contributed by atoms with Gasteiger partial charge in [-0.3, -0.25) is 19.2 Å². The SMILES string of the molecule is C=CCC(CCCOC(=O)CCCCC(=O)CCO)C(=O)OCCCCC(=O)OCC. The molecule has 0 rings (SSSR count). The second-order valence-corrected chi connectivity index (χ2v) is 7.23. The van der Waals surface area contributed by atoms with Crippen LogP contribution in [0, 0.1) is 5.92 Å². The molecule has 0 fully saturated rings. The molecule has 1 N–H and O–H groups in total. The molecule has 8 heteroatoms. The Balaban J connectivity index is 3.92. The van der Waals surface area contributed by atoms with Crippen molar-refractivity contribution in [2.24, 2.45) is 5.92 Å². The maximum absolute atomic E-state index is 12.2. The fraction of sp³-hybridized carbons (Fsp3) is 0.739. The maximum Gasteiger partial charge on any atom is 0.309 e. The van der Waals surface area contributed by atoms with Crippen LogP contribution >= 0.6 is 0 Å².